The zero-order valence-electron chi connectivity index (χ0n) is 10.2. The van der Waals surface area contributed by atoms with Gasteiger partial charge in [-0.1, -0.05) is 61.2 Å². The fourth-order valence-corrected chi connectivity index (χ4v) is 1.60. The zero-order chi connectivity index (χ0) is 14.1. The smallest absolute Gasteiger partial charge is 0.404 e. The third kappa shape index (κ3) is 7.21. The van der Waals surface area contributed by atoms with Gasteiger partial charge in [0.1, 0.15) is 5.75 Å². The molecule has 0 aliphatic rings. The summed E-state index contributed by atoms with van der Waals surface area (Å²) in [4.78, 5) is 16.7. The van der Waals surface area contributed by atoms with Gasteiger partial charge in [-0.15, -0.1) is 0 Å². The highest BCUT2D eigenvalue weighted by Gasteiger charge is 2.14. The number of hydrogen-bond donors (Lipinski definition) is 2. The van der Waals surface area contributed by atoms with E-state index in [1.807, 2.05) is 36.4 Å². The Hall–Kier alpha value is -1.87. The summed E-state index contributed by atoms with van der Waals surface area (Å²) in [6, 6.07) is 18.0. The maximum Gasteiger partial charge on any atom is 0.524 e. The quantitative estimate of drug-likeness (QED) is 0.843. The van der Waals surface area contributed by atoms with E-state index in [9.17, 15) is 4.57 Å². The molecule has 0 radical (unpaired) electrons. The Kier molecular flexibility index (Phi) is 6.03. The van der Waals surface area contributed by atoms with Crippen LogP contribution in [0.4, 0.5) is 0 Å². The molecule has 0 atom stereocenters. The molecule has 0 heterocycles. The molecule has 2 rings (SSSR count). The number of phosphoric acid groups is 1. The van der Waals surface area contributed by atoms with Gasteiger partial charge in [-0.2, -0.15) is 0 Å². The van der Waals surface area contributed by atoms with E-state index in [-0.39, 0.29) is 5.75 Å². The van der Waals surface area contributed by atoms with Crippen molar-refractivity contribution in [1.29, 1.82) is 0 Å². The maximum absolute atomic E-state index is 10.3. The Balaban J connectivity index is 0.000000200. The average Bonchev–Trinajstić information content (AvgIpc) is 2.40. The molecule has 2 N–H and O–H groups in total. The van der Waals surface area contributed by atoms with E-state index in [2.05, 4.69) is 11.1 Å². The highest BCUT2D eigenvalue weighted by atomic mass is 31.2. The summed E-state index contributed by atoms with van der Waals surface area (Å²) >= 11 is 0. The Labute approximate surface area is 112 Å². The summed E-state index contributed by atoms with van der Waals surface area (Å²) in [5.74, 6) is 0.167. The molecule has 100 valence electrons. The third-order valence-corrected chi connectivity index (χ3v) is 2.45. The molecule has 0 saturated heterocycles. The summed E-state index contributed by atoms with van der Waals surface area (Å²) in [6.45, 7) is 3.63. The summed E-state index contributed by atoms with van der Waals surface area (Å²) in [6.07, 6.45) is 1.83. The highest BCUT2D eigenvalue weighted by Crippen LogP contribution is 2.36. The van der Waals surface area contributed by atoms with Crippen molar-refractivity contribution in [1.82, 2.24) is 0 Å². The van der Waals surface area contributed by atoms with Crippen molar-refractivity contribution in [2.45, 2.75) is 0 Å². The molecule has 0 fully saturated rings. The monoisotopic (exact) mass is 278 g/mol. The second-order valence-electron chi connectivity index (χ2n) is 3.51. The molecule has 0 aromatic heterocycles. The molecular weight excluding hydrogens is 263 g/mol. The lowest BCUT2D eigenvalue weighted by Crippen LogP contribution is -1.88. The average molecular weight is 278 g/mol. The summed E-state index contributed by atoms with van der Waals surface area (Å²) < 4.78 is 14.5. The van der Waals surface area contributed by atoms with Crippen LogP contribution in [0, 0.1) is 0 Å². The Bertz CT molecular complexity index is 534. The van der Waals surface area contributed by atoms with E-state index in [4.69, 9.17) is 9.79 Å². The number of rotatable bonds is 3. The van der Waals surface area contributed by atoms with Crippen LogP contribution < -0.4 is 4.52 Å². The first-order valence-electron chi connectivity index (χ1n) is 5.49. The lowest BCUT2D eigenvalue weighted by molar-refractivity contribution is 0.283. The molecule has 4 nitrogen and oxygen atoms in total. The van der Waals surface area contributed by atoms with Crippen molar-refractivity contribution in [2.75, 3.05) is 0 Å². The topological polar surface area (TPSA) is 66.8 Å². The van der Waals surface area contributed by atoms with Crippen LogP contribution in [0.15, 0.2) is 67.2 Å². The number of benzene rings is 2. The van der Waals surface area contributed by atoms with Crippen LogP contribution in [0.3, 0.4) is 0 Å². The second kappa shape index (κ2) is 7.54. The number of para-hydroxylation sites is 1. The van der Waals surface area contributed by atoms with Gasteiger partial charge < -0.3 is 4.52 Å². The molecule has 0 aliphatic carbocycles. The van der Waals surface area contributed by atoms with Gasteiger partial charge in [0.2, 0.25) is 0 Å². The fraction of sp³-hybridized carbons (Fsp3) is 0. The molecule has 0 amide bonds. The predicted molar refractivity (Wildman–Crippen MR) is 75.6 cm³/mol. The lowest BCUT2D eigenvalue weighted by Gasteiger charge is -2.04. The molecule has 0 spiro atoms. The summed E-state index contributed by atoms with van der Waals surface area (Å²) in [5.41, 5.74) is 1.17. The minimum atomic E-state index is -4.39. The molecule has 5 heteroatoms. The summed E-state index contributed by atoms with van der Waals surface area (Å²) in [7, 11) is -4.39. The van der Waals surface area contributed by atoms with Crippen LogP contribution in [-0.4, -0.2) is 9.79 Å². The normalized spacial score (nSPS) is 10.0. The van der Waals surface area contributed by atoms with Gasteiger partial charge in [0, 0.05) is 0 Å². The first-order valence-corrected chi connectivity index (χ1v) is 7.02. The minimum Gasteiger partial charge on any atom is -0.404 e. The standard InChI is InChI=1S/C8H8.C6H7O4P/c1-2-8-6-4-3-5-7-8;7-11(8,9)10-6-4-2-1-3-5-6/h2-7H,1H2;1-5H,(H2,7,8,9). The van der Waals surface area contributed by atoms with Crippen LogP contribution in [0.2, 0.25) is 0 Å². The van der Waals surface area contributed by atoms with E-state index in [0.717, 1.165) is 0 Å². The summed E-state index contributed by atoms with van der Waals surface area (Å²) in [5, 5.41) is 0. The number of phosphoric ester groups is 1. The van der Waals surface area contributed by atoms with Gasteiger partial charge in [0.05, 0.1) is 0 Å². The van der Waals surface area contributed by atoms with Gasteiger partial charge in [-0.3, -0.25) is 9.79 Å². The predicted octanol–water partition coefficient (Wildman–Crippen LogP) is 3.49. The minimum absolute atomic E-state index is 0.167. The van der Waals surface area contributed by atoms with E-state index >= 15 is 0 Å². The molecule has 0 unspecified atom stereocenters. The van der Waals surface area contributed by atoms with Crippen molar-refractivity contribution in [3.8, 4) is 5.75 Å². The van der Waals surface area contributed by atoms with Crippen LogP contribution in [-0.2, 0) is 4.57 Å². The number of hydrogen-bond acceptors (Lipinski definition) is 2. The first kappa shape index (κ1) is 15.2. The van der Waals surface area contributed by atoms with Crippen molar-refractivity contribution in [2.24, 2.45) is 0 Å². The highest BCUT2D eigenvalue weighted by molar-refractivity contribution is 7.46. The molecular formula is C14H15O4P. The molecule has 2 aromatic carbocycles. The van der Waals surface area contributed by atoms with Crippen LogP contribution in [0.1, 0.15) is 5.56 Å². The van der Waals surface area contributed by atoms with Gasteiger partial charge in [0.25, 0.3) is 0 Å². The van der Waals surface area contributed by atoms with Gasteiger partial charge >= 0.3 is 7.82 Å². The van der Waals surface area contributed by atoms with Crippen molar-refractivity contribution in [3.63, 3.8) is 0 Å². The molecule has 0 aliphatic heterocycles. The van der Waals surface area contributed by atoms with Gasteiger partial charge in [0.15, 0.2) is 0 Å². The second-order valence-corrected chi connectivity index (χ2v) is 4.67. The van der Waals surface area contributed by atoms with Crippen molar-refractivity contribution >= 4 is 13.9 Å². The maximum atomic E-state index is 10.3. The Morgan fingerprint density at radius 2 is 1.42 bits per heavy atom. The lowest BCUT2D eigenvalue weighted by atomic mass is 10.2. The third-order valence-electron chi connectivity index (χ3n) is 2.00. The van der Waals surface area contributed by atoms with Crippen LogP contribution in [0.5, 0.6) is 5.75 Å². The largest absolute Gasteiger partial charge is 0.524 e. The van der Waals surface area contributed by atoms with Gasteiger partial charge in [-0.05, 0) is 17.7 Å². The molecule has 0 saturated carbocycles. The van der Waals surface area contributed by atoms with Gasteiger partial charge in [-0.25, -0.2) is 4.57 Å². The zero-order valence-corrected chi connectivity index (χ0v) is 11.1. The first-order chi connectivity index (χ1) is 9.01. The van der Waals surface area contributed by atoms with E-state index < -0.39 is 7.82 Å². The molecule has 2 aromatic rings. The Morgan fingerprint density at radius 3 is 1.79 bits per heavy atom. The van der Waals surface area contributed by atoms with E-state index in [1.54, 1.807) is 18.2 Å². The molecule has 19 heavy (non-hydrogen) atoms. The SMILES string of the molecule is C=Cc1ccccc1.O=P(O)(O)Oc1ccccc1. The van der Waals surface area contributed by atoms with Crippen molar-refractivity contribution in [3.05, 3.63) is 72.8 Å². The van der Waals surface area contributed by atoms with E-state index in [0.29, 0.717) is 0 Å². The fourth-order valence-electron chi connectivity index (χ4n) is 1.21. The van der Waals surface area contributed by atoms with Crippen LogP contribution in [0.25, 0.3) is 6.08 Å². The van der Waals surface area contributed by atoms with Crippen LogP contribution >= 0.6 is 7.82 Å². The molecule has 0 bridgehead atoms. The van der Waals surface area contributed by atoms with E-state index in [1.165, 1.54) is 17.7 Å². The Morgan fingerprint density at radius 1 is 0.947 bits per heavy atom. The van der Waals surface area contributed by atoms with Crippen molar-refractivity contribution < 1.29 is 18.9 Å².